The molecule has 0 saturated heterocycles. The van der Waals surface area contributed by atoms with Crippen LogP contribution in [0.4, 0.5) is 4.39 Å². The third kappa shape index (κ3) is 13.3. The zero-order valence-electron chi connectivity index (χ0n) is 25.5. The van der Waals surface area contributed by atoms with Crippen molar-refractivity contribution in [2.24, 2.45) is 0 Å². The first-order chi connectivity index (χ1) is 20.2. The smallest absolute Gasteiger partial charge is 0.140 e. The zero-order valence-corrected chi connectivity index (χ0v) is 25.5. The van der Waals surface area contributed by atoms with Crippen molar-refractivity contribution in [2.45, 2.75) is 117 Å². The minimum Gasteiger partial charge on any atom is -0.206 e. The van der Waals surface area contributed by atoms with E-state index in [-0.39, 0.29) is 5.82 Å². The van der Waals surface area contributed by atoms with Crippen molar-refractivity contribution < 1.29 is 4.39 Å². The molecule has 0 N–H and O–H groups in total. The van der Waals surface area contributed by atoms with Crippen molar-refractivity contribution in [1.29, 1.82) is 0 Å². The van der Waals surface area contributed by atoms with Crippen molar-refractivity contribution in [3.05, 3.63) is 106 Å². The normalized spacial score (nSPS) is 10.5. The van der Waals surface area contributed by atoms with Gasteiger partial charge in [0.2, 0.25) is 0 Å². The second kappa shape index (κ2) is 19.7. The van der Waals surface area contributed by atoms with E-state index in [1.807, 2.05) is 18.2 Å². The molecule has 3 aromatic rings. The van der Waals surface area contributed by atoms with E-state index >= 15 is 0 Å². The van der Waals surface area contributed by atoms with E-state index in [1.165, 1.54) is 107 Å². The second-order valence-electron chi connectivity index (χ2n) is 11.3. The van der Waals surface area contributed by atoms with Crippen molar-refractivity contribution in [3.63, 3.8) is 0 Å². The molecule has 0 aliphatic carbocycles. The molecule has 0 amide bonds. The third-order valence-electron chi connectivity index (χ3n) is 7.71. The third-order valence-corrected chi connectivity index (χ3v) is 7.71. The van der Waals surface area contributed by atoms with Crippen LogP contribution in [0.5, 0.6) is 0 Å². The summed E-state index contributed by atoms with van der Waals surface area (Å²) in [7, 11) is 0. The molecule has 0 radical (unpaired) electrons. The van der Waals surface area contributed by atoms with E-state index in [4.69, 9.17) is 0 Å². The molecular formula is C40H49F. The van der Waals surface area contributed by atoms with Gasteiger partial charge in [0, 0.05) is 16.7 Å². The average Bonchev–Trinajstić information content (AvgIpc) is 3.00. The van der Waals surface area contributed by atoms with Crippen LogP contribution in [0.3, 0.4) is 0 Å². The Morgan fingerprint density at radius 1 is 0.439 bits per heavy atom. The predicted molar refractivity (Wildman–Crippen MR) is 175 cm³/mol. The van der Waals surface area contributed by atoms with Crippen molar-refractivity contribution in [3.8, 4) is 23.7 Å². The number of aryl methyl sites for hydroxylation is 2. The average molecular weight is 549 g/mol. The van der Waals surface area contributed by atoms with Gasteiger partial charge in [-0.15, -0.1) is 0 Å². The first-order valence-corrected chi connectivity index (χ1v) is 16.2. The number of halogens is 1. The van der Waals surface area contributed by atoms with E-state index in [9.17, 15) is 4.39 Å². The fourth-order valence-electron chi connectivity index (χ4n) is 5.06. The molecule has 0 aliphatic heterocycles. The molecule has 216 valence electrons. The van der Waals surface area contributed by atoms with Gasteiger partial charge in [-0.3, -0.25) is 0 Å². The van der Waals surface area contributed by atoms with Crippen LogP contribution in [0.1, 0.15) is 137 Å². The second-order valence-corrected chi connectivity index (χ2v) is 11.3. The molecule has 0 spiro atoms. The Morgan fingerprint density at radius 3 is 1.29 bits per heavy atom. The van der Waals surface area contributed by atoms with Crippen LogP contribution in [0.15, 0.2) is 66.7 Å². The monoisotopic (exact) mass is 548 g/mol. The topological polar surface area (TPSA) is 0 Å². The van der Waals surface area contributed by atoms with E-state index in [2.05, 4.69) is 73.9 Å². The Morgan fingerprint density at radius 2 is 0.829 bits per heavy atom. The SMILES string of the molecule is CCCCCCCCCc1ccc(C#Cc2ccc(C#Cc3ccc(CCCCCCCCC)cc3)c(F)c2)cc1. The maximum absolute atomic E-state index is 14.7. The standard InChI is InChI=1S/C40H49F/c1-3-5-7-9-11-13-15-17-34-19-23-36(24-20-34)27-28-38-30-32-39(40(41)33-38)31-29-37-25-21-35(22-26-37)18-16-14-12-10-8-6-4-2/h19-26,30,32-33H,3-18H2,1-2H3. The molecule has 3 aromatic carbocycles. The van der Waals surface area contributed by atoms with Crippen molar-refractivity contribution in [2.75, 3.05) is 0 Å². The van der Waals surface area contributed by atoms with E-state index < -0.39 is 0 Å². The van der Waals surface area contributed by atoms with Gasteiger partial charge in [-0.2, -0.15) is 0 Å². The van der Waals surface area contributed by atoms with Crippen LogP contribution in [0.2, 0.25) is 0 Å². The highest BCUT2D eigenvalue weighted by molar-refractivity contribution is 5.49. The van der Waals surface area contributed by atoms with Crippen LogP contribution in [0.25, 0.3) is 0 Å². The molecular weight excluding hydrogens is 499 g/mol. The van der Waals surface area contributed by atoms with Crippen LogP contribution in [-0.2, 0) is 12.8 Å². The summed E-state index contributed by atoms with van der Waals surface area (Å²) in [6.07, 6.45) is 20.8. The lowest BCUT2D eigenvalue weighted by molar-refractivity contribution is 0.589. The molecule has 0 aromatic heterocycles. The Bertz CT molecular complexity index is 1260. The minimum atomic E-state index is -0.329. The number of benzene rings is 3. The molecule has 0 aliphatic rings. The van der Waals surface area contributed by atoms with Crippen molar-refractivity contribution in [1.82, 2.24) is 0 Å². The summed E-state index contributed by atoms with van der Waals surface area (Å²) < 4.78 is 14.7. The lowest BCUT2D eigenvalue weighted by Gasteiger charge is -2.03. The van der Waals surface area contributed by atoms with Gasteiger partial charge in [0.15, 0.2) is 0 Å². The van der Waals surface area contributed by atoms with Gasteiger partial charge in [-0.25, -0.2) is 4.39 Å². The summed E-state index contributed by atoms with van der Waals surface area (Å²) in [5, 5.41) is 0. The van der Waals surface area contributed by atoms with Crippen LogP contribution >= 0.6 is 0 Å². The highest BCUT2D eigenvalue weighted by atomic mass is 19.1. The van der Waals surface area contributed by atoms with Gasteiger partial charge in [0.1, 0.15) is 5.82 Å². The summed E-state index contributed by atoms with van der Waals surface area (Å²) in [6, 6.07) is 21.9. The summed E-state index contributed by atoms with van der Waals surface area (Å²) >= 11 is 0. The summed E-state index contributed by atoms with van der Waals surface area (Å²) in [6.45, 7) is 4.52. The zero-order chi connectivity index (χ0) is 29.0. The molecule has 0 fully saturated rings. The number of hydrogen-bond acceptors (Lipinski definition) is 0. The quantitative estimate of drug-likeness (QED) is 0.123. The summed E-state index contributed by atoms with van der Waals surface area (Å²) in [5.74, 6) is 12.0. The first-order valence-electron chi connectivity index (χ1n) is 16.2. The molecule has 0 heterocycles. The Kier molecular flexibility index (Phi) is 15.5. The maximum atomic E-state index is 14.7. The molecule has 0 nitrogen and oxygen atoms in total. The fraction of sp³-hybridized carbons (Fsp3) is 0.450. The van der Waals surface area contributed by atoms with Gasteiger partial charge < -0.3 is 0 Å². The number of hydrogen-bond donors (Lipinski definition) is 0. The molecule has 0 unspecified atom stereocenters. The van der Waals surface area contributed by atoms with Crippen LogP contribution < -0.4 is 0 Å². The minimum absolute atomic E-state index is 0.329. The highest BCUT2D eigenvalue weighted by Crippen LogP contribution is 2.14. The largest absolute Gasteiger partial charge is 0.206 e. The Balaban J connectivity index is 1.44. The fourth-order valence-corrected chi connectivity index (χ4v) is 5.06. The molecule has 0 saturated carbocycles. The van der Waals surface area contributed by atoms with E-state index in [1.54, 1.807) is 6.07 Å². The first kappa shape index (κ1) is 32.2. The Labute approximate surface area is 250 Å². The van der Waals surface area contributed by atoms with E-state index in [0.717, 1.165) is 24.0 Å². The summed E-state index contributed by atoms with van der Waals surface area (Å²) in [4.78, 5) is 0. The van der Waals surface area contributed by atoms with E-state index in [0.29, 0.717) is 11.1 Å². The van der Waals surface area contributed by atoms with Crippen LogP contribution in [-0.4, -0.2) is 0 Å². The maximum Gasteiger partial charge on any atom is 0.140 e. The van der Waals surface area contributed by atoms with Crippen LogP contribution in [0, 0.1) is 29.5 Å². The van der Waals surface area contributed by atoms with Gasteiger partial charge in [0.05, 0.1) is 5.56 Å². The molecule has 3 rings (SSSR count). The molecule has 1 heteroatoms. The van der Waals surface area contributed by atoms with Crippen molar-refractivity contribution >= 4 is 0 Å². The molecule has 0 atom stereocenters. The van der Waals surface area contributed by atoms with Gasteiger partial charge >= 0.3 is 0 Å². The molecule has 41 heavy (non-hydrogen) atoms. The predicted octanol–water partition coefficient (Wildman–Crippen LogP) is 11.2. The summed E-state index contributed by atoms with van der Waals surface area (Å²) in [5.41, 5.74) is 5.63. The highest BCUT2D eigenvalue weighted by Gasteiger charge is 2.01. The lowest BCUT2D eigenvalue weighted by atomic mass is 10.0. The number of unbranched alkanes of at least 4 members (excludes halogenated alkanes) is 12. The number of rotatable bonds is 16. The lowest BCUT2D eigenvalue weighted by Crippen LogP contribution is -1.88. The van der Waals surface area contributed by atoms with Gasteiger partial charge in [0.25, 0.3) is 0 Å². The van der Waals surface area contributed by atoms with Gasteiger partial charge in [-0.05, 0) is 79.3 Å². The molecule has 0 bridgehead atoms. The van der Waals surface area contributed by atoms with Gasteiger partial charge in [-0.1, -0.05) is 139 Å². The Hall–Kier alpha value is -3.29.